The fraction of sp³-hybridized carbons (Fsp3) is 0.368. The topological polar surface area (TPSA) is 15.3 Å². The van der Waals surface area contributed by atoms with E-state index in [2.05, 4.69) is 58.7 Å². The standard InChI is InChI=1S/C19H22N2/c1-2-8-17-14-21(11-5-9-15(17)6-1)19-13-20-12-16-7-3-4-10-18(16)19/h1-4,6-8,10,19-20H,5,9,11-14H2. The van der Waals surface area contributed by atoms with Crippen LogP contribution < -0.4 is 5.32 Å². The van der Waals surface area contributed by atoms with Gasteiger partial charge in [0, 0.05) is 25.7 Å². The summed E-state index contributed by atoms with van der Waals surface area (Å²) in [6, 6.07) is 18.4. The van der Waals surface area contributed by atoms with Crippen LogP contribution >= 0.6 is 0 Å². The molecular formula is C19H22N2. The largest absolute Gasteiger partial charge is 0.311 e. The Kier molecular flexibility index (Phi) is 3.50. The quantitative estimate of drug-likeness (QED) is 0.861. The van der Waals surface area contributed by atoms with Gasteiger partial charge in [0.05, 0.1) is 0 Å². The molecule has 2 heteroatoms. The summed E-state index contributed by atoms with van der Waals surface area (Å²) in [5.41, 5.74) is 6.04. The predicted octanol–water partition coefficient (Wildman–Crippen LogP) is 3.28. The number of benzene rings is 2. The van der Waals surface area contributed by atoms with Gasteiger partial charge in [-0.1, -0.05) is 48.5 Å². The van der Waals surface area contributed by atoms with Crippen molar-refractivity contribution >= 4 is 0 Å². The highest BCUT2D eigenvalue weighted by atomic mass is 15.2. The number of fused-ring (bicyclic) bond motifs is 2. The van der Waals surface area contributed by atoms with Crippen LogP contribution in [-0.2, 0) is 19.5 Å². The third-order valence-corrected chi connectivity index (χ3v) is 4.89. The molecule has 0 radical (unpaired) electrons. The number of nitrogens with one attached hydrogen (secondary N) is 1. The zero-order valence-electron chi connectivity index (χ0n) is 12.4. The first-order valence-electron chi connectivity index (χ1n) is 8.01. The Bertz CT molecular complexity index is 635. The van der Waals surface area contributed by atoms with Crippen molar-refractivity contribution in [2.45, 2.75) is 32.0 Å². The lowest BCUT2D eigenvalue weighted by molar-refractivity contribution is 0.179. The molecule has 0 saturated heterocycles. The molecular weight excluding hydrogens is 256 g/mol. The molecule has 108 valence electrons. The van der Waals surface area contributed by atoms with Gasteiger partial charge in [0.15, 0.2) is 0 Å². The second kappa shape index (κ2) is 5.63. The van der Waals surface area contributed by atoms with Gasteiger partial charge in [-0.3, -0.25) is 4.90 Å². The Morgan fingerprint density at radius 1 is 0.905 bits per heavy atom. The van der Waals surface area contributed by atoms with Gasteiger partial charge in [-0.2, -0.15) is 0 Å². The molecule has 2 heterocycles. The van der Waals surface area contributed by atoms with E-state index in [1.54, 1.807) is 0 Å². The van der Waals surface area contributed by atoms with Crippen molar-refractivity contribution in [3.05, 3.63) is 70.8 Å². The van der Waals surface area contributed by atoms with Crippen LogP contribution in [0.3, 0.4) is 0 Å². The summed E-state index contributed by atoms with van der Waals surface area (Å²) in [6.45, 7) is 4.35. The molecule has 0 fully saturated rings. The first-order valence-corrected chi connectivity index (χ1v) is 8.01. The molecule has 0 aliphatic carbocycles. The molecule has 2 aliphatic heterocycles. The van der Waals surface area contributed by atoms with E-state index in [0.29, 0.717) is 6.04 Å². The smallest absolute Gasteiger partial charge is 0.0479 e. The maximum Gasteiger partial charge on any atom is 0.0479 e. The molecule has 4 rings (SSSR count). The third kappa shape index (κ3) is 2.50. The summed E-state index contributed by atoms with van der Waals surface area (Å²) in [6.07, 6.45) is 2.48. The van der Waals surface area contributed by atoms with Crippen LogP contribution in [0, 0.1) is 0 Å². The van der Waals surface area contributed by atoms with E-state index < -0.39 is 0 Å². The number of aryl methyl sites for hydroxylation is 1. The van der Waals surface area contributed by atoms with Crippen molar-refractivity contribution in [3.8, 4) is 0 Å². The lowest BCUT2D eigenvalue weighted by Crippen LogP contribution is -2.39. The normalized spacial score (nSPS) is 22.2. The van der Waals surface area contributed by atoms with Gasteiger partial charge in [-0.25, -0.2) is 0 Å². The maximum atomic E-state index is 3.59. The average molecular weight is 278 g/mol. The predicted molar refractivity (Wildman–Crippen MR) is 86.1 cm³/mol. The monoisotopic (exact) mass is 278 g/mol. The molecule has 2 aromatic carbocycles. The highest BCUT2D eigenvalue weighted by Crippen LogP contribution is 2.30. The summed E-state index contributed by atoms with van der Waals surface area (Å²) in [5, 5.41) is 3.59. The summed E-state index contributed by atoms with van der Waals surface area (Å²) in [5.74, 6) is 0. The summed E-state index contributed by atoms with van der Waals surface area (Å²) < 4.78 is 0. The van der Waals surface area contributed by atoms with Crippen molar-refractivity contribution < 1.29 is 0 Å². The molecule has 21 heavy (non-hydrogen) atoms. The van der Waals surface area contributed by atoms with E-state index in [1.165, 1.54) is 41.6 Å². The van der Waals surface area contributed by atoms with E-state index in [1.807, 2.05) is 0 Å². The number of hydrogen-bond acceptors (Lipinski definition) is 2. The number of nitrogens with zero attached hydrogens (tertiary/aromatic N) is 1. The molecule has 1 N–H and O–H groups in total. The maximum absolute atomic E-state index is 3.59. The number of rotatable bonds is 1. The Morgan fingerprint density at radius 3 is 2.57 bits per heavy atom. The summed E-state index contributed by atoms with van der Waals surface area (Å²) >= 11 is 0. The van der Waals surface area contributed by atoms with Crippen LogP contribution in [0.15, 0.2) is 48.5 Å². The van der Waals surface area contributed by atoms with E-state index >= 15 is 0 Å². The zero-order valence-corrected chi connectivity index (χ0v) is 12.4. The van der Waals surface area contributed by atoms with Crippen molar-refractivity contribution in [1.82, 2.24) is 10.2 Å². The first kappa shape index (κ1) is 13.1. The van der Waals surface area contributed by atoms with Gasteiger partial charge in [0.25, 0.3) is 0 Å². The Morgan fingerprint density at radius 2 is 1.67 bits per heavy atom. The van der Waals surface area contributed by atoms with Gasteiger partial charge in [-0.15, -0.1) is 0 Å². The summed E-state index contributed by atoms with van der Waals surface area (Å²) in [4.78, 5) is 2.66. The third-order valence-electron chi connectivity index (χ3n) is 4.89. The Labute approximate surface area is 126 Å². The minimum Gasteiger partial charge on any atom is -0.311 e. The van der Waals surface area contributed by atoms with Crippen LogP contribution in [0.1, 0.15) is 34.7 Å². The van der Waals surface area contributed by atoms with E-state index in [-0.39, 0.29) is 0 Å². The van der Waals surface area contributed by atoms with Gasteiger partial charge in [0.2, 0.25) is 0 Å². The van der Waals surface area contributed by atoms with Crippen molar-refractivity contribution in [2.24, 2.45) is 0 Å². The summed E-state index contributed by atoms with van der Waals surface area (Å²) in [7, 11) is 0. The molecule has 1 atom stereocenters. The Hall–Kier alpha value is -1.64. The average Bonchev–Trinajstić information content (AvgIpc) is 2.76. The van der Waals surface area contributed by atoms with Crippen molar-refractivity contribution in [1.29, 1.82) is 0 Å². The molecule has 0 bridgehead atoms. The SMILES string of the molecule is c1ccc2c(c1)CCCN(C1CNCc3ccccc31)C2. The minimum absolute atomic E-state index is 0.515. The van der Waals surface area contributed by atoms with E-state index in [0.717, 1.165) is 19.6 Å². The molecule has 0 saturated carbocycles. The van der Waals surface area contributed by atoms with Crippen LogP contribution in [0.4, 0.5) is 0 Å². The van der Waals surface area contributed by atoms with Gasteiger partial charge < -0.3 is 5.32 Å². The molecule has 2 nitrogen and oxygen atoms in total. The van der Waals surface area contributed by atoms with E-state index in [9.17, 15) is 0 Å². The van der Waals surface area contributed by atoms with E-state index in [4.69, 9.17) is 0 Å². The van der Waals surface area contributed by atoms with Gasteiger partial charge in [0.1, 0.15) is 0 Å². The molecule has 0 aromatic heterocycles. The zero-order chi connectivity index (χ0) is 14.1. The molecule has 2 aromatic rings. The lowest BCUT2D eigenvalue weighted by atomic mass is 9.95. The number of hydrogen-bond donors (Lipinski definition) is 1. The highest BCUT2D eigenvalue weighted by Gasteiger charge is 2.27. The first-order chi connectivity index (χ1) is 10.4. The lowest BCUT2D eigenvalue weighted by Gasteiger charge is -2.35. The molecule has 0 spiro atoms. The van der Waals surface area contributed by atoms with Crippen LogP contribution in [0.5, 0.6) is 0 Å². The molecule has 0 amide bonds. The van der Waals surface area contributed by atoms with Crippen LogP contribution in [0.2, 0.25) is 0 Å². The molecule has 1 unspecified atom stereocenters. The Balaban J connectivity index is 1.66. The van der Waals surface area contributed by atoms with Crippen LogP contribution in [0.25, 0.3) is 0 Å². The molecule has 2 aliphatic rings. The van der Waals surface area contributed by atoms with Gasteiger partial charge in [-0.05, 0) is 41.6 Å². The van der Waals surface area contributed by atoms with Crippen molar-refractivity contribution in [3.63, 3.8) is 0 Å². The van der Waals surface area contributed by atoms with Crippen LogP contribution in [-0.4, -0.2) is 18.0 Å². The van der Waals surface area contributed by atoms with Gasteiger partial charge >= 0.3 is 0 Å². The second-order valence-corrected chi connectivity index (χ2v) is 6.19. The fourth-order valence-corrected chi connectivity index (χ4v) is 3.79. The van der Waals surface area contributed by atoms with Crippen molar-refractivity contribution in [2.75, 3.05) is 13.1 Å². The fourth-order valence-electron chi connectivity index (χ4n) is 3.79. The second-order valence-electron chi connectivity index (χ2n) is 6.19. The minimum atomic E-state index is 0.515. The highest BCUT2D eigenvalue weighted by molar-refractivity contribution is 5.33.